The van der Waals surface area contributed by atoms with Crippen molar-refractivity contribution in [3.05, 3.63) is 35.4 Å². The maximum atomic E-state index is 11.3. The molecule has 1 N–H and O–H groups in total. The van der Waals surface area contributed by atoms with Crippen LogP contribution in [0, 0.1) is 0 Å². The third-order valence-electron chi connectivity index (χ3n) is 3.37. The van der Waals surface area contributed by atoms with Gasteiger partial charge in [0.1, 0.15) is 0 Å². The Kier molecular flexibility index (Phi) is 6.47. The summed E-state index contributed by atoms with van der Waals surface area (Å²) < 4.78 is 4.64. The largest absolute Gasteiger partial charge is 0.466 e. The van der Waals surface area contributed by atoms with Crippen molar-refractivity contribution in [2.75, 3.05) is 19.0 Å². The van der Waals surface area contributed by atoms with Gasteiger partial charge >= 0.3 is 5.97 Å². The lowest BCUT2D eigenvalue weighted by atomic mass is 9.86. The van der Waals surface area contributed by atoms with Crippen LogP contribution in [0.2, 0.25) is 0 Å². The van der Waals surface area contributed by atoms with Crippen molar-refractivity contribution in [2.45, 2.75) is 46.0 Å². The van der Waals surface area contributed by atoms with E-state index in [1.807, 2.05) is 6.07 Å². The van der Waals surface area contributed by atoms with Gasteiger partial charge in [-0.15, -0.1) is 0 Å². The molecular weight excluding hydrogens is 262 g/mol. The van der Waals surface area contributed by atoms with E-state index in [0.29, 0.717) is 0 Å². The molecule has 0 radical (unpaired) electrons. The standard InChI is InChI=1S/C18H27NO2/c1-6-7-12-19-16-13-15(18(2,3)4)10-8-14(16)9-11-17(20)21-5/h8-11,13,19H,6-7,12H2,1-5H3. The van der Waals surface area contributed by atoms with E-state index < -0.39 is 0 Å². The highest BCUT2D eigenvalue weighted by atomic mass is 16.5. The van der Waals surface area contributed by atoms with Crippen molar-refractivity contribution < 1.29 is 9.53 Å². The second-order valence-corrected chi connectivity index (χ2v) is 6.19. The fraction of sp³-hybridized carbons (Fsp3) is 0.500. The molecule has 0 atom stereocenters. The Labute approximate surface area is 128 Å². The average Bonchev–Trinajstić information content (AvgIpc) is 2.44. The molecule has 0 saturated carbocycles. The summed E-state index contributed by atoms with van der Waals surface area (Å²) in [7, 11) is 1.38. The lowest BCUT2D eigenvalue weighted by Crippen LogP contribution is -2.12. The Balaban J connectivity index is 3.04. The van der Waals surface area contributed by atoms with Gasteiger partial charge in [0.25, 0.3) is 0 Å². The van der Waals surface area contributed by atoms with Crippen molar-refractivity contribution in [1.29, 1.82) is 0 Å². The first-order chi connectivity index (χ1) is 9.88. The predicted octanol–water partition coefficient (Wildman–Crippen LogP) is 4.38. The van der Waals surface area contributed by atoms with Gasteiger partial charge in [-0.25, -0.2) is 4.79 Å². The Morgan fingerprint density at radius 2 is 2.05 bits per heavy atom. The molecule has 0 aliphatic rings. The summed E-state index contributed by atoms with van der Waals surface area (Å²) >= 11 is 0. The first kappa shape index (κ1) is 17.3. The van der Waals surface area contributed by atoms with Crippen LogP contribution in [0.15, 0.2) is 24.3 Å². The number of hydrogen-bond acceptors (Lipinski definition) is 3. The van der Waals surface area contributed by atoms with Crippen molar-refractivity contribution in [3.63, 3.8) is 0 Å². The van der Waals surface area contributed by atoms with Crippen LogP contribution in [0.4, 0.5) is 5.69 Å². The number of unbranched alkanes of at least 4 members (excludes halogenated alkanes) is 1. The van der Waals surface area contributed by atoms with Crippen LogP contribution in [0.5, 0.6) is 0 Å². The van der Waals surface area contributed by atoms with Gasteiger partial charge in [-0.05, 0) is 35.1 Å². The fourth-order valence-electron chi connectivity index (χ4n) is 1.95. The smallest absolute Gasteiger partial charge is 0.330 e. The summed E-state index contributed by atoms with van der Waals surface area (Å²) in [5, 5.41) is 3.47. The van der Waals surface area contributed by atoms with Crippen LogP contribution in [0.25, 0.3) is 6.08 Å². The molecule has 1 rings (SSSR count). The molecule has 0 fully saturated rings. The highest BCUT2D eigenvalue weighted by Gasteiger charge is 2.15. The van der Waals surface area contributed by atoms with Crippen molar-refractivity contribution in [1.82, 2.24) is 0 Å². The monoisotopic (exact) mass is 289 g/mol. The van der Waals surface area contributed by atoms with E-state index >= 15 is 0 Å². The highest BCUT2D eigenvalue weighted by Crippen LogP contribution is 2.28. The average molecular weight is 289 g/mol. The van der Waals surface area contributed by atoms with Crippen LogP contribution in [0.1, 0.15) is 51.7 Å². The summed E-state index contributed by atoms with van der Waals surface area (Å²) in [6.07, 6.45) is 5.53. The molecule has 0 aliphatic carbocycles. The van der Waals surface area contributed by atoms with E-state index in [1.54, 1.807) is 6.08 Å². The van der Waals surface area contributed by atoms with E-state index in [2.05, 4.69) is 49.9 Å². The second-order valence-electron chi connectivity index (χ2n) is 6.19. The SMILES string of the molecule is CCCCNc1cc(C(C)(C)C)ccc1C=CC(=O)OC. The van der Waals surface area contributed by atoms with Crippen LogP contribution in [-0.4, -0.2) is 19.6 Å². The molecule has 3 heteroatoms. The van der Waals surface area contributed by atoms with Crippen molar-refractivity contribution in [3.8, 4) is 0 Å². The molecule has 0 saturated heterocycles. The molecule has 3 nitrogen and oxygen atoms in total. The number of carbonyl (C=O) groups excluding carboxylic acids is 1. The molecule has 1 aromatic rings. The minimum Gasteiger partial charge on any atom is -0.466 e. The Morgan fingerprint density at radius 3 is 2.62 bits per heavy atom. The van der Waals surface area contributed by atoms with Gasteiger partial charge in [0.05, 0.1) is 7.11 Å². The zero-order valence-electron chi connectivity index (χ0n) is 13.8. The molecular formula is C18H27NO2. The molecule has 0 amide bonds. The lowest BCUT2D eigenvalue weighted by molar-refractivity contribution is -0.134. The maximum Gasteiger partial charge on any atom is 0.330 e. The third-order valence-corrected chi connectivity index (χ3v) is 3.37. The zero-order valence-corrected chi connectivity index (χ0v) is 13.8. The van der Waals surface area contributed by atoms with Gasteiger partial charge in [-0.3, -0.25) is 0 Å². The number of nitrogens with one attached hydrogen (secondary N) is 1. The summed E-state index contributed by atoms with van der Waals surface area (Å²) in [4.78, 5) is 11.3. The minimum absolute atomic E-state index is 0.103. The van der Waals surface area contributed by atoms with Crippen LogP contribution < -0.4 is 5.32 Å². The van der Waals surface area contributed by atoms with E-state index in [4.69, 9.17) is 0 Å². The van der Waals surface area contributed by atoms with Gasteiger partial charge in [0, 0.05) is 18.3 Å². The number of anilines is 1. The van der Waals surface area contributed by atoms with Crippen LogP contribution in [-0.2, 0) is 14.9 Å². The number of benzene rings is 1. The molecule has 116 valence electrons. The van der Waals surface area contributed by atoms with E-state index in [0.717, 1.165) is 30.6 Å². The number of carbonyl (C=O) groups is 1. The molecule has 0 aliphatic heterocycles. The first-order valence-corrected chi connectivity index (χ1v) is 7.53. The molecule has 0 spiro atoms. The molecule has 0 bridgehead atoms. The number of hydrogen-bond donors (Lipinski definition) is 1. The topological polar surface area (TPSA) is 38.3 Å². The van der Waals surface area contributed by atoms with Gasteiger partial charge in [0.15, 0.2) is 0 Å². The Bertz CT molecular complexity index is 498. The molecule has 0 aromatic heterocycles. The molecule has 0 heterocycles. The minimum atomic E-state index is -0.339. The number of rotatable bonds is 6. The Morgan fingerprint density at radius 1 is 1.33 bits per heavy atom. The van der Waals surface area contributed by atoms with Crippen LogP contribution in [0.3, 0.4) is 0 Å². The predicted molar refractivity (Wildman–Crippen MR) is 89.6 cm³/mol. The summed E-state index contributed by atoms with van der Waals surface area (Å²) in [6.45, 7) is 9.70. The Hall–Kier alpha value is -1.77. The zero-order chi connectivity index (χ0) is 15.9. The van der Waals surface area contributed by atoms with Gasteiger partial charge in [-0.2, -0.15) is 0 Å². The van der Waals surface area contributed by atoms with Gasteiger partial charge in [0.2, 0.25) is 0 Å². The van der Waals surface area contributed by atoms with Gasteiger partial charge < -0.3 is 10.1 Å². The normalized spacial score (nSPS) is 11.7. The quantitative estimate of drug-likeness (QED) is 0.480. The summed E-state index contributed by atoms with van der Waals surface area (Å²) in [6, 6.07) is 6.34. The number of esters is 1. The summed E-state index contributed by atoms with van der Waals surface area (Å²) in [5.41, 5.74) is 3.45. The van der Waals surface area contributed by atoms with E-state index in [9.17, 15) is 4.79 Å². The number of methoxy groups -OCH3 is 1. The highest BCUT2D eigenvalue weighted by molar-refractivity contribution is 5.88. The van der Waals surface area contributed by atoms with Gasteiger partial charge in [-0.1, -0.05) is 46.2 Å². The fourth-order valence-corrected chi connectivity index (χ4v) is 1.95. The van der Waals surface area contributed by atoms with E-state index in [-0.39, 0.29) is 11.4 Å². The molecule has 21 heavy (non-hydrogen) atoms. The van der Waals surface area contributed by atoms with Crippen LogP contribution >= 0.6 is 0 Å². The maximum absolute atomic E-state index is 11.3. The summed E-state index contributed by atoms with van der Waals surface area (Å²) in [5.74, 6) is -0.339. The third kappa shape index (κ3) is 5.62. The van der Waals surface area contributed by atoms with E-state index in [1.165, 1.54) is 18.7 Å². The van der Waals surface area contributed by atoms with Crippen molar-refractivity contribution >= 4 is 17.7 Å². The van der Waals surface area contributed by atoms with Crippen molar-refractivity contribution in [2.24, 2.45) is 0 Å². The lowest BCUT2D eigenvalue weighted by Gasteiger charge is -2.21. The molecule has 1 aromatic carbocycles. The number of ether oxygens (including phenoxy) is 1. The second kappa shape index (κ2) is 7.87. The first-order valence-electron chi connectivity index (χ1n) is 7.53. The molecule has 0 unspecified atom stereocenters.